The lowest BCUT2D eigenvalue weighted by atomic mass is 9.98. The zero-order valence-electron chi connectivity index (χ0n) is 11.1. The quantitative estimate of drug-likeness (QED) is 0.904. The summed E-state index contributed by atoms with van der Waals surface area (Å²) in [5, 5.41) is 4.96. The molecular weight excluding hydrogens is 240 g/mol. The van der Waals surface area contributed by atoms with E-state index in [-0.39, 0.29) is 5.91 Å². The molecule has 0 bridgehead atoms. The third-order valence-corrected chi connectivity index (χ3v) is 3.83. The van der Waals surface area contributed by atoms with E-state index in [1.165, 1.54) is 29.9 Å². The Morgan fingerprint density at radius 2 is 2.11 bits per heavy atom. The Morgan fingerprint density at radius 3 is 2.74 bits per heavy atom. The van der Waals surface area contributed by atoms with Gasteiger partial charge in [-0.1, -0.05) is 18.6 Å². The molecule has 2 saturated heterocycles. The highest BCUT2D eigenvalue weighted by atomic mass is 16.7. The second kappa shape index (κ2) is 5.72. The summed E-state index contributed by atoms with van der Waals surface area (Å²) in [5.74, 6) is 0.0432. The number of nitrogens with zero attached hydrogens (tertiary/aromatic N) is 1. The van der Waals surface area contributed by atoms with Crippen LogP contribution in [0.4, 0.5) is 5.69 Å². The lowest BCUT2D eigenvalue weighted by Crippen LogP contribution is -2.35. The van der Waals surface area contributed by atoms with Crippen LogP contribution in [0.5, 0.6) is 0 Å². The number of hydrogen-bond acceptors (Lipinski definition) is 3. The fraction of sp³-hybridized carbons (Fsp3) is 0.533. The molecule has 4 heteroatoms. The van der Waals surface area contributed by atoms with Gasteiger partial charge in [0.25, 0.3) is 5.91 Å². The van der Waals surface area contributed by atoms with Crippen molar-refractivity contribution >= 4 is 11.6 Å². The first-order valence-corrected chi connectivity index (χ1v) is 7.11. The van der Waals surface area contributed by atoms with E-state index in [0.29, 0.717) is 19.1 Å². The van der Waals surface area contributed by atoms with Crippen LogP contribution in [-0.2, 0) is 16.1 Å². The number of carbonyl (C=O) groups excluding carboxylic acids is 1. The van der Waals surface area contributed by atoms with Crippen molar-refractivity contribution in [3.8, 4) is 0 Å². The molecule has 0 radical (unpaired) electrons. The molecule has 0 saturated carbocycles. The maximum absolute atomic E-state index is 11.6. The minimum atomic E-state index is 0.0432. The highest BCUT2D eigenvalue weighted by Crippen LogP contribution is 2.21. The average Bonchev–Trinajstić information content (AvgIpc) is 2.87. The molecule has 0 aromatic heterocycles. The van der Waals surface area contributed by atoms with Crippen molar-refractivity contribution < 1.29 is 9.63 Å². The van der Waals surface area contributed by atoms with Gasteiger partial charge in [0.1, 0.15) is 0 Å². The Kier molecular flexibility index (Phi) is 3.80. The minimum absolute atomic E-state index is 0.0432. The van der Waals surface area contributed by atoms with Crippen molar-refractivity contribution in [3.05, 3.63) is 29.8 Å². The van der Waals surface area contributed by atoms with Crippen molar-refractivity contribution in [2.45, 2.75) is 38.1 Å². The summed E-state index contributed by atoms with van der Waals surface area (Å²) in [4.78, 5) is 16.9. The van der Waals surface area contributed by atoms with Gasteiger partial charge in [0, 0.05) is 6.04 Å². The van der Waals surface area contributed by atoms with Crippen LogP contribution in [0.15, 0.2) is 24.3 Å². The number of anilines is 1. The van der Waals surface area contributed by atoms with Gasteiger partial charge in [-0.2, -0.15) is 5.06 Å². The van der Waals surface area contributed by atoms with Gasteiger partial charge in [-0.05, 0) is 43.5 Å². The number of nitrogens with one attached hydrogen (secondary N) is 1. The normalized spacial score (nSPS) is 23.9. The Bertz CT molecular complexity index is 438. The molecule has 0 spiro atoms. The van der Waals surface area contributed by atoms with Gasteiger partial charge < -0.3 is 5.32 Å². The number of amides is 1. The fourth-order valence-corrected chi connectivity index (χ4v) is 2.77. The van der Waals surface area contributed by atoms with Gasteiger partial charge in [-0.3, -0.25) is 9.63 Å². The van der Waals surface area contributed by atoms with Gasteiger partial charge in [0.05, 0.1) is 18.7 Å². The summed E-state index contributed by atoms with van der Waals surface area (Å²) in [6.45, 7) is 1.63. The molecule has 1 unspecified atom stereocenters. The van der Waals surface area contributed by atoms with Crippen LogP contribution in [0.2, 0.25) is 0 Å². The average molecular weight is 260 g/mol. The first-order valence-electron chi connectivity index (χ1n) is 7.11. The minimum Gasteiger partial charge on any atom is -0.314 e. The lowest BCUT2D eigenvalue weighted by Gasteiger charge is -2.23. The van der Waals surface area contributed by atoms with Crippen molar-refractivity contribution in [3.63, 3.8) is 0 Å². The van der Waals surface area contributed by atoms with E-state index < -0.39 is 0 Å². The van der Waals surface area contributed by atoms with Crippen molar-refractivity contribution in [2.75, 3.05) is 18.2 Å². The monoisotopic (exact) mass is 260 g/mol. The van der Waals surface area contributed by atoms with E-state index in [1.807, 2.05) is 12.1 Å². The van der Waals surface area contributed by atoms with Gasteiger partial charge >= 0.3 is 0 Å². The second-order valence-corrected chi connectivity index (χ2v) is 5.29. The molecular formula is C15H20N2O2. The van der Waals surface area contributed by atoms with Crippen LogP contribution in [0, 0.1) is 0 Å². The maximum Gasteiger partial charge on any atom is 0.253 e. The first kappa shape index (κ1) is 12.6. The molecule has 2 heterocycles. The van der Waals surface area contributed by atoms with Crippen molar-refractivity contribution in [2.24, 2.45) is 0 Å². The Morgan fingerprint density at radius 1 is 1.26 bits per heavy atom. The summed E-state index contributed by atoms with van der Waals surface area (Å²) < 4.78 is 0. The van der Waals surface area contributed by atoms with Crippen molar-refractivity contribution in [1.82, 2.24) is 5.32 Å². The number of hydrogen-bond donors (Lipinski definition) is 1. The van der Waals surface area contributed by atoms with E-state index in [4.69, 9.17) is 4.84 Å². The predicted molar refractivity (Wildman–Crippen MR) is 73.8 cm³/mol. The highest BCUT2D eigenvalue weighted by molar-refractivity contribution is 5.92. The topological polar surface area (TPSA) is 41.6 Å². The van der Waals surface area contributed by atoms with E-state index >= 15 is 0 Å². The number of carbonyl (C=O) groups is 1. The zero-order valence-corrected chi connectivity index (χ0v) is 11.1. The molecule has 1 aromatic carbocycles. The number of benzene rings is 1. The molecule has 4 nitrogen and oxygen atoms in total. The van der Waals surface area contributed by atoms with Crippen LogP contribution >= 0.6 is 0 Å². The maximum atomic E-state index is 11.6. The molecule has 19 heavy (non-hydrogen) atoms. The first-order chi connectivity index (χ1) is 9.33. The fourth-order valence-electron chi connectivity index (χ4n) is 2.77. The number of rotatable bonds is 3. The van der Waals surface area contributed by atoms with Crippen molar-refractivity contribution in [1.29, 1.82) is 0 Å². The van der Waals surface area contributed by atoms with Crippen LogP contribution in [0.3, 0.4) is 0 Å². The van der Waals surface area contributed by atoms with E-state index in [1.54, 1.807) is 0 Å². The third-order valence-electron chi connectivity index (χ3n) is 3.83. The van der Waals surface area contributed by atoms with Gasteiger partial charge in [-0.25, -0.2) is 0 Å². The van der Waals surface area contributed by atoms with Crippen LogP contribution < -0.4 is 10.4 Å². The highest BCUT2D eigenvalue weighted by Gasteiger charge is 2.23. The Balaban J connectivity index is 1.63. The molecule has 1 atom stereocenters. The molecule has 1 N–H and O–H groups in total. The summed E-state index contributed by atoms with van der Waals surface area (Å²) in [6.07, 6.45) is 5.42. The third kappa shape index (κ3) is 2.96. The summed E-state index contributed by atoms with van der Waals surface area (Å²) in [7, 11) is 0. The molecule has 1 aromatic rings. The van der Waals surface area contributed by atoms with E-state index in [2.05, 4.69) is 17.4 Å². The molecule has 2 aliphatic heterocycles. The molecule has 0 aliphatic carbocycles. The van der Waals surface area contributed by atoms with E-state index in [0.717, 1.165) is 18.7 Å². The predicted octanol–water partition coefficient (Wildman–Crippen LogP) is 2.04. The number of piperidine rings is 1. The molecule has 2 aliphatic rings. The van der Waals surface area contributed by atoms with Gasteiger partial charge in [0.15, 0.2) is 0 Å². The standard InChI is InChI=1S/C15H20N2O2/c18-15-8-10-19-17(15)14-6-4-12(5-7-14)11-13-3-1-2-9-16-13/h4-7,13,16H,1-3,8-11H2. The smallest absolute Gasteiger partial charge is 0.253 e. The Hall–Kier alpha value is -1.39. The number of hydroxylamine groups is 1. The van der Waals surface area contributed by atoms with Gasteiger partial charge in [0.2, 0.25) is 0 Å². The lowest BCUT2D eigenvalue weighted by molar-refractivity contribution is -0.119. The van der Waals surface area contributed by atoms with Crippen LogP contribution in [0.1, 0.15) is 31.2 Å². The largest absolute Gasteiger partial charge is 0.314 e. The Labute approximate surface area is 113 Å². The van der Waals surface area contributed by atoms with Crippen LogP contribution in [-0.4, -0.2) is 25.1 Å². The summed E-state index contributed by atoms with van der Waals surface area (Å²) >= 11 is 0. The van der Waals surface area contributed by atoms with Gasteiger partial charge in [-0.15, -0.1) is 0 Å². The van der Waals surface area contributed by atoms with Crippen LogP contribution in [0.25, 0.3) is 0 Å². The SMILES string of the molecule is O=C1CCON1c1ccc(CC2CCCCN2)cc1. The van der Waals surface area contributed by atoms with E-state index in [9.17, 15) is 4.79 Å². The molecule has 3 rings (SSSR count). The molecule has 1 amide bonds. The molecule has 102 valence electrons. The second-order valence-electron chi connectivity index (χ2n) is 5.29. The zero-order chi connectivity index (χ0) is 13.1. The summed E-state index contributed by atoms with van der Waals surface area (Å²) in [6, 6.07) is 8.74. The summed E-state index contributed by atoms with van der Waals surface area (Å²) in [5.41, 5.74) is 2.15. The molecule has 2 fully saturated rings.